The van der Waals surface area contributed by atoms with Crippen LogP contribution in [-0.4, -0.2) is 11.6 Å². The molecule has 0 atom stereocenters. The van der Waals surface area contributed by atoms with Crippen molar-refractivity contribution in [3.05, 3.63) is 29.6 Å². The number of aryl methyl sites for hydroxylation is 1. The van der Waals surface area contributed by atoms with Crippen LogP contribution in [0.4, 0.5) is 4.39 Å². The summed E-state index contributed by atoms with van der Waals surface area (Å²) in [5.74, 6) is 0.328. The second kappa shape index (κ2) is 4.18. The predicted octanol–water partition coefficient (Wildman–Crippen LogP) is 1.80. The molecule has 0 unspecified atom stereocenters. The third-order valence-electron chi connectivity index (χ3n) is 1.51. The van der Waals surface area contributed by atoms with Crippen LogP contribution in [0.1, 0.15) is 5.56 Å². The molecule has 0 aliphatic heterocycles. The van der Waals surface area contributed by atoms with Crippen molar-refractivity contribution in [3.8, 4) is 5.75 Å². The molecule has 0 amide bonds. The van der Waals surface area contributed by atoms with Gasteiger partial charge in [-0.15, -0.1) is 0 Å². The van der Waals surface area contributed by atoms with E-state index in [1.54, 1.807) is 13.0 Å². The summed E-state index contributed by atoms with van der Waals surface area (Å²) < 4.78 is 17.9. The van der Waals surface area contributed by atoms with E-state index in [0.717, 1.165) is 5.56 Å². The molecule has 0 aromatic heterocycles. The van der Waals surface area contributed by atoms with Gasteiger partial charge in [-0.1, -0.05) is 12.2 Å². The highest BCUT2D eigenvalue weighted by Gasteiger charge is 2.00. The highest BCUT2D eigenvalue weighted by Crippen LogP contribution is 2.17. The largest absolute Gasteiger partial charge is 0.486 e. The number of rotatable bonds is 3. The minimum Gasteiger partial charge on any atom is -0.486 e. The monoisotopic (exact) mass is 199 g/mol. The summed E-state index contributed by atoms with van der Waals surface area (Å²) in [6, 6.07) is 4.29. The summed E-state index contributed by atoms with van der Waals surface area (Å²) in [5.41, 5.74) is 5.99. The molecule has 2 nitrogen and oxygen atoms in total. The Kier molecular flexibility index (Phi) is 3.19. The van der Waals surface area contributed by atoms with Gasteiger partial charge in [0.25, 0.3) is 0 Å². The van der Waals surface area contributed by atoms with Gasteiger partial charge in [0, 0.05) is 0 Å². The van der Waals surface area contributed by atoms with Crippen LogP contribution in [-0.2, 0) is 0 Å². The first-order valence-corrected chi connectivity index (χ1v) is 4.17. The molecule has 0 bridgehead atoms. The van der Waals surface area contributed by atoms with Crippen LogP contribution in [0.2, 0.25) is 0 Å². The van der Waals surface area contributed by atoms with Gasteiger partial charge in [-0.2, -0.15) is 0 Å². The Morgan fingerprint density at radius 3 is 2.85 bits per heavy atom. The van der Waals surface area contributed by atoms with Gasteiger partial charge in [-0.3, -0.25) is 0 Å². The maximum absolute atomic E-state index is 12.6. The van der Waals surface area contributed by atoms with Gasteiger partial charge in [0.15, 0.2) is 0 Å². The smallest absolute Gasteiger partial charge is 0.138 e. The number of hydrogen-bond donors (Lipinski definition) is 1. The summed E-state index contributed by atoms with van der Waals surface area (Å²) >= 11 is 4.64. The lowest BCUT2D eigenvalue weighted by atomic mass is 10.2. The van der Waals surface area contributed by atoms with Crippen molar-refractivity contribution in [1.82, 2.24) is 0 Å². The van der Waals surface area contributed by atoms with Crippen molar-refractivity contribution in [1.29, 1.82) is 0 Å². The summed E-state index contributed by atoms with van der Waals surface area (Å²) in [4.78, 5) is 0.281. The average molecular weight is 199 g/mol. The van der Waals surface area contributed by atoms with E-state index in [0.29, 0.717) is 5.75 Å². The van der Waals surface area contributed by atoms with E-state index in [1.165, 1.54) is 12.1 Å². The van der Waals surface area contributed by atoms with E-state index < -0.39 is 0 Å². The van der Waals surface area contributed by atoms with E-state index in [2.05, 4.69) is 12.2 Å². The van der Waals surface area contributed by atoms with E-state index in [-0.39, 0.29) is 17.4 Å². The van der Waals surface area contributed by atoms with Gasteiger partial charge in [0.05, 0.1) is 0 Å². The first-order chi connectivity index (χ1) is 6.09. The fourth-order valence-electron chi connectivity index (χ4n) is 0.924. The normalized spacial score (nSPS) is 9.69. The fraction of sp³-hybridized carbons (Fsp3) is 0.222. The lowest BCUT2D eigenvalue weighted by Crippen LogP contribution is -2.18. The number of thiocarbonyl (C=S) groups is 1. The third kappa shape index (κ3) is 2.99. The lowest BCUT2D eigenvalue weighted by Gasteiger charge is -2.07. The summed E-state index contributed by atoms with van der Waals surface area (Å²) in [5, 5.41) is 0. The SMILES string of the molecule is Cc1cc(F)ccc1OCC(N)=S. The average Bonchev–Trinajstić information content (AvgIpc) is 2.02. The molecule has 1 aromatic rings. The van der Waals surface area contributed by atoms with Crippen molar-refractivity contribution < 1.29 is 9.13 Å². The van der Waals surface area contributed by atoms with Crippen molar-refractivity contribution in [2.75, 3.05) is 6.61 Å². The minimum absolute atomic E-state index is 0.182. The molecule has 0 aliphatic carbocycles. The number of nitrogens with two attached hydrogens (primary N) is 1. The standard InChI is InChI=1S/C9H10FNOS/c1-6-4-7(10)2-3-8(6)12-5-9(11)13/h2-4H,5H2,1H3,(H2,11,13). The zero-order valence-electron chi connectivity index (χ0n) is 7.21. The molecule has 0 fully saturated rings. The summed E-state index contributed by atoms with van der Waals surface area (Å²) in [6.45, 7) is 1.94. The molecule has 1 rings (SSSR count). The molecule has 4 heteroatoms. The molecule has 0 saturated heterocycles. The van der Waals surface area contributed by atoms with Crippen LogP contribution in [0.15, 0.2) is 18.2 Å². The second-order valence-corrected chi connectivity index (χ2v) is 3.19. The number of benzene rings is 1. The highest BCUT2D eigenvalue weighted by molar-refractivity contribution is 7.80. The molecule has 1 aromatic carbocycles. The first kappa shape index (κ1) is 9.92. The van der Waals surface area contributed by atoms with Crippen LogP contribution in [0.5, 0.6) is 5.75 Å². The molecule has 0 radical (unpaired) electrons. The number of hydrogen-bond acceptors (Lipinski definition) is 2. The number of ether oxygens (including phenoxy) is 1. The van der Waals surface area contributed by atoms with Crippen LogP contribution < -0.4 is 10.5 Å². The Labute approximate surface area is 81.5 Å². The van der Waals surface area contributed by atoms with Crippen molar-refractivity contribution in [3.63, 3.8) is 0 Å². The fourth-order valence-corrected chi connectivity index (χ4v) is 0.983. The van der Waals surface area contributed by atoms with Crippen molar-refractivity contribution in [2.24, 2.45) is 5.73 Å². The van der Waals surface area contributed by atoms with Gasteiger partial charge in [0.2, 0.25) is 0 Å². The molecular formula is C9H10FNOS. The van der Waals surface area contributed by atoms with E-state index in [1.807, 2.05) is 0 Å². The topological polar surface area (TPSA) is 35.2 Å². The zero-order valence-corrected chi connectivity index (χ0v) is 8.03. The molecule has 70 valence electrons. The van der Waals surface area contributed by atoms with Crippen LogP contribution in [0, 0.1) is 12.7 Å². The Morgan fingerprint density at radius 2 is 2.31 bits per heavy atom. The van der Waals surface area contributed by atoms with Gasteiger partial charge < -0.3 is 10.5 Å². The maximum Gasteiger partial charge on any atom is 0.138 e. The Morgan fingerprint density at radius 1 is 1.62 bits per heavy atom. The Hall–Kier alpha value is -1.16. The molecule has 0 aliphatic rings. The van der Waals surface area contributed by atoms with Gasteiger partial charge >= 0.3 is 0 Å². The van der Waals surface area contributed by atoms with Gasteiger partial charge in [-0.05, 0) is 30.7 Å². The van der Waals surface area contributed by atoms with E-state index in [4.69, 9.17) is 10.5 Å². The summed E-state index contributed by atoms with van der Waals surface area (Å²) in [7, 11) is 0. The van der Waals surface area contributed by atoms with Crippen LogP contribution in [0.3, 0.4) is 0 Å². The lowest BCUT2D eigenvalue weighted by molar-refractivity contribution is 0.374. The number of halogens is 1. The minimum atomic E-state index is -0.278. The van der Waals surface area contributed by atoms with Gasteiger partial charge in [0.1, 0.15) is 23.2 Å². The maximum atomic E-state index is 12.6. The molecule has 13 heavy (non-hydrogen) atoms. The highest BCUT2D eigenvalue weighted by atomic mass is 32.1. The third-order valence-corrected chi connectivity index (χ3v) is 1.62. The summed E-state index contributed by atoms with van der Waals surface area (Å²) in [6.07, 6.45) is 0. The Bertz CT molecular complexity index is 327. The Balaban J connectivity index is 2.72. The predicted molar refractivity (Wildman–Crippen MR) is 53.4 cm³/mol. The van der Waals surface area contributed by atoms with Crippen LogP contribution >= 0.6 is 12.2 Å². The first-order valence-electron chi connectivity index (χ1n) is 3.77. The van der Waals surface area contributed by atoms with Gasteiger partial charge in [-0.25, -0.2) is 4.39 Å². The molecular weight excluding hydrogens is 189 g/mol. The van der Waals surface area contributed by atoms with Crippen molar-refractivity contribution >= 4 is 17.2 Å². The van der Waals surface area contributed by atoms with E-state index in [9.17, 15) is 4.39 Å². The molecule has 2 N–H and O–H groups in total. The quantitative estimate of drug-likeness (QED) is 0.754. The van der Waals surface area contributed by atoms with Crippen molar-refractivity contribution in [2.45, 2.75) is 6.92 Å². The molecule has 0 spiro atoms. The molecule has 0 heterocycles. The van der Waals surface area contributed by atoms with E-state index >= 15 is 0 Å². The molecule has 0 saturated carbocycles. The second-order valence-electron chi connectivity index (χ2n) is 2.66. The van der Waals surface area contributed by atoms with Crippen LogP contribution in [0.25, 0.3) is 0 Å². The zero-order chi connectivity index (χ0) is 9.84.